The van der Waals surface area contributed by atoms with Gasteiger partial charge in [0.05, 0.1) is 16.3 Å². The van der Waals surface area contributed by atoms with E-state index in [1.54, 1.807) is 23.7 Å². The number of hydrogen-bond donors (Lipinski definition) is 1. The third-order valence-corrected chi connectivity index (χ3v) is 3.22. The second-order valence-corrected chi connectivity index (χ2v) is 5.11. The van der Waals surface area contributed by atoms with Crippen LogP contribution in [0.5, 0.6) is 0 Å². The first-order chi connectivity index (χ1) is 9.32. The number of benzene rings is 1. The van der Waals surface area contributed by atoms with Crippen molar-refractivity contribution in [3.63, 3.8) is 0 Å². The van der Waals surface area contributed by atoms with E-state index in [2.05, 4.69) is 10.3 Å². The highest BCUT2D eigenvalue weighted by atomic mass is 16.6. The van der Waals surface area contributed by atoms with Gasteiger partial charge in [-0.05, 0) is 31.4 Å². The lowest BCUT2D eigenvalue weighted by Crippen LogP contribution is -2.08. The molecule has 0 saturated carbocycles. The van der Waals surface area contributed by atoms with E-state index in [9.17, 15) is 10.1 Å². The fourth-order valence-electron chi connectivity index (χ4n) is 2.23. The zero-order chi connectivity index (χ0) is 15.0. The Hall–Kier alpha value is -2.44. The number of aryl methyl sites for hydroxylation is 2. The number of nitrogens with zero attached hydrogens (tertiary/aromatic N) is 4. The van der Waals surface area contributed by atoms with E-state index in [0.717, 1.165) is 16.9 Å². The van der Waals surface area contributed by atoms with Crippen LogP contribution in [0, 0.1) is 24.0 Å². The molecule has 106 valence electrons. The maximum absolute atomic E-state index is 11.0. The second kappa shape index (κ2) is 4.92. The molecule has 0 bridgehead atoms. The highest BCUT2D eigenvalue weighted by molar-refractivity contribution is 5.54. The molecule has 2 N–H and O–H groups in total. The van der Waals surface area contributed by atoms with Gasteiger partial charge in [0.15, 0.2) is 5.82 Å². The van der Waals surface area contributed by atoms with Crippen LogP contribution < -0.4 is 5.73 Å². The van der Waals surface area contributed by atoms with Crippen LogP contribution >= 0.6 is 0 Å². The molecule has 0 spiro atoms. The quantitative estimate of drug-likeness (QED) is 0.685. The number of aromatic nitrogens is 3. The van der Waals surface area contributed by atoms with E-state index < -0.39 is 0 Å². The van der Waals surface area contributed by atoms with E-state index in [-0.39, 0.29) is 16.5 Å². The van der Waals surface area contributed by atoms with E-state index in [1.807, 2.05) is 20.8 Å². The minimum Gasteiger partial charge on any atom is -0.381 e. The predicted molar refractivity (Wildman–Crippen MR) is 76.0 cm³/mol. The molecule has 0 atom stereocenters. The van der Waals surface area contributed by atoms with Crippen LogP contribution in [0.1, 0.15) is 36.6 Å². The Kier molecular flexibility index (Phi) is 3.44. The summed E-state index contributed by atoms with van der Waals surface area (Å²) in [6.45, 7) is 7.51. The van der Waals surface area contributed by atoms with E-state index in [4.69, 9.17) is 5.73 Å². The summed E-state index contributed by atoms with van der Waals surface area (Å²) in [6, 6.07) is 3.29. The molecule has 2 rings (SSSR count). The standard InChI is InChI=1S/C13H17N5O2/c1-7(2)12-13(14)15-16-17(12)10-5-9(4)11(18(19)20)6-8(10)3/h5-7H,14H2,1-4H3. The van der Waals surface area contributed by atoms with Crippen molar-refractivity contribution in [1.29, 1.82) is 0 Å². The van der Waals surface area contributed by atoms with Gasteiger partial charge in [-0.15, -0.1) is 5.10 Å². The second-order valence-electron chi connectivity index (χ2n) is 5.11. The number of nitro groups is 1. The van der Waals surface area contributed by atoms with Crippen LogP contribution in [0.4, 0.5) is 11.5 Å². The summed E-state index contributed by atoms with van der Waals surface area (Å²) in [6.07, 6.45) is 0. The fourth-order valence-corrected chi connectivity index (χ4v) is 2.23. The van der Waals surface area contributed by atoms with Gasteiger partial charge in [-0.25, -0.2) is 4.68 Å². The van der Waals surface area contributed by atoms with Crippen molar-refractivity contribution in [2.24, 2.45) is 0 Å². The Bertz CT molecular complexity index is 676. The van der Waals surface area contributed by atoms with Gasteiger partial charge in [0.2, 0.25) is 0 Å². The maximum Gasteiger partial charge on any atom is 0.272 e. The Morgan fingerprint density at radius 1 is 1.30 bits per heavy atom. The van der Waals surface area contributed by atoms with Crippen molar-refractivity contribution in [1.82, 2.24) is 15.0 Å². The fraction of sp³-hybridized carbons (Fsp3) is 0.385. The highest BCUT2D eigenvalue weighted by Gasteiger charge is 2.19. The lowest BCUT2D eigenvalue weighted by molar-refractivity contribution is -0.385. The summed E-state index contributed by atoms with van der Waals surface area (Å²) < 4.78 is 1.66. The van der Waals surface area contributed by atoms with Crippen molar-refractivity contribution >= 4 is 11.5 Å². The molecule has 0 radical (unpaired) electrons. The Balaban J connectivity index is 2.66. The number of nitro benzene ring substituents is 1. The molecule has 0 aliphatic heterocycles. The third-order valence-electron chi connectivity index (χ3n) is 3.22. The Morgan fingerprint density at radius 2 is 1.95 bits per heavy atom. The van der Waals surface area contributed by atoms with Gasteiger partial charge in [0, 0.05) is 11.6 Å². The molecule has 2 aromatic rings. The summed E-state index contributed by atoms with van der Waals surface area (Å²) in [5, 5.41) is 18.9. The number of nitrogen functional groups attached to an aromatic ring is 1. The number of anilines is 1. The third kappa shape index (κ3) is 2.22. The van der Waals surface area contributed by atoms with E-state index in [0.29, 0.717) is 11.4 Å². The van der Waals surface area contributed by atoms with Crippen molar-refractivity contribution in [3.05, 3.63) is 39.1 Å². The zero-order valence-corrected chi connectivity index (χ0v) is 11.9. The first-order valence-corrected chi connectivity index (χ1v) is 6.30. The summed E-state index contributed by atoms with van der Waals surface area (Å²) >= 11 is 0. The molecule has 1 aromatic carbocycles. The minimum absolute atomic E-state index is 0.102. The summed E-state index contributed by atoms with van der Waals surface area (Å²) in [7, 11) is 0. The van der Waals surface area contributed by atoms with E-state index >= 15 is 0 Å². The summed E-state index contributed by atoms with van der Waals surface area (Å²) in [5.41, 5.74) is 8.86. The molecular formula is C13H17N5O2. The number of rotatable bonds is 3. The molecule has 7 nitrogen and oxygen atoms in total. The van der Waals surface area contributed by atoms with Gasteiger partial charge in [0.25, 0.3) is 5.69 Å². The van der Waals surface area contributed by atoms with Gasteiger partial charge >= 0.3 is 0 Å². The average molecular weight is 275 g/mol. The zero-order valence-electron chi connectivity index (χ0n) is 11.9. The Labute approximate surface area is 116 Å². The largest absolute Gasteiger partial charge is 0.381 e. The van der Waals surface area contributed by atoms with E-state index in [1.165, 1.54) is 0 Å². The van der Waals surface area contributed by atoms with Crippen LogP contribution in [0.2, 0.25) is 0 Å². The normalized spacial score (nSPS) is 11.1. The monoisotopic (exact) mass is 275 g/mol. The number of nitrogens with two attached hydrogens (primary N) is 1. The molecule has 0 aliphatic carbocycles. The maximum atomic E-state index is 11.0. The van der Waals surface area contributed by atoms with Crippen molar-refractivity contribution < 1.29 is 4.92 Å². The average Bonchev–Trinajstić information content (AvgIpc) is 2.73. The van der Waals surface area contributed by atoms with Gasteiger partial charge in [-0.3, -0.25) is 10.1 Å². The van der Waals surface area contributed by atoms with Gasteiger partial charge < -0.3 is 5.73 Å². The van der Waals surface area contributed by atoms with Crippen LogP contribution in [-0.2, 0) is 0 Å². The molecule has 0 aliphatic rings. The molecule has 7 heteroatoms. The molecule has 0 fully saturated rings. The van der Waals surface area contributed by atoms with Crippen LogP contribution in [0.25, 0.3) is 5.69 Å². The Morgan fingerprint density at radius 3 is 2.50 bits per heavy atom. The van der Waals surface area contributed by atoms with Crippen LogP contribution in [0.3, 0.4) is 0 Å². The summed E-state index contributed by atoms with van der Waals surface area (Å²) in [5.74, 6) is 0.537. The predicted octanol–water partition coefficient (Wildman–Crippen LogP) is 2.50. The summed E-state index contributed by atoms with van der Waals surface area (Å²) in [4.78, 5) is 10.6. The lowest BCUT2D eigenvalue weighted by atomic mass is 10.1. The van der Waals surface area contributed by atoms with Crippen molar-refractivity contribution in [2.75, 3.05) is 5.73 Å². The highest BCUT2D eigenvalue weighted by Crippen LogP contribution is 2.28. The lowest BCUT2D eigenvalue weighted by Gasteiger charge is -2.12. The van der Waals surface area contributed by atoms with Crippen molar-refractivity contribution in [3.8, 4) is 5.69 Å². The molecule has 0 amide bonds. The molecule has 0 saturated heterocycles. The first-order valence-electron chi connectivity index (χ1n) is 6.30. The van der Waals surface area contributed by atoms with Gasteiger partial charge in [-0.1, -0.05) is 19.1 Å². The molecular weight excluding hydrogens is 258 g/mol. The minimum atomic E-state index is -0.384. The molecule has 20 heavy (non-hydrogen) atoms. The van der Waals surface area contributed by atoms with Crippen LogP contribution in [0.15, 0.2) is 12.1 Å². The topological polar surface area (TPSA) is 99.9 Å². The first kappa shape index (κ1) is 14.0. The van der Waals surface area contributed by atoms with Crippen molar-refractivity contribution in [2.45, 2.75) is 33.6 Å². The molecule has 0 unspecified atom stereocenters. The van der Waals surface area contributed by atoms with Crippen LogP contribution in [-0.4, -0.2) is 19.9 Å². The molecule has 1 aromatic heterocycles. The smallest absolute Gasteiger partial charge is 0.272 e. The van der Waals surface area contributed by atoms with Gasteiger partial charge in [-0.2, -0.15) is 0 Å². The van der Waals surface area contributed by atoms with Gasteiger partial charge in [0.1, 0.15) is 0 Å². The molecule has 1 heterocycles. The number of hydrogen-bond acceptors (Lipinski definition) is 5. The SMILES string of the molecule is Cc1cc([N+](=O)[O-])c(C)cc1-n1nnc(N)c1C(C)C.